The van der Waals surface area contributed by atoms with E-state index in [-0.39, 0.29) is 5.69 Å². The summed E-state index contributed by atoms with van der Waals surface area (Å²) in [4.78, 5) is 29.0. The number of carboxylic acid groups (broad SMARTS) is 1. The van der Waals surface area contributed by atoms with Crippen molar-refractivity contribution in [1.82, 2.24) is 5.32 Å². The number of para-hydroxylation sites is 1. The van der Waals surface area contributed by atoms with Gasteiger partial charge in [0.2, 0.25) is 0 Å². The minimum atomic E-state index is -4.91. The molecule has 9 nitrogen and oxygen atoms in total. The lowest BCUT2D eigenvalue weighted by Crippen LogP contribution is -2.48. The maximum Gasteiger partial charge on any atom is 0.363 e. The van der Waals surface area contributed by atoms with Gasteiger partial charge in [-0.1, -0.05) is 18.2 Å². The molecule has 20 heavy (non-hydrogen) atoms. The highest BCUT2D eigenvalue weighted by atomic mass is 32.2. The molecule has 0 aliphatic heterocycles. The molecule has 0 bridgehead atoms. The first-order valence-corrected chi connectivity index (χ1v) is 7.93. The minimum Gasteiger partial charge on any atom is -0.480 e. The van der Waals surface area contributed by atoms with Gasteiger partial charge in [0.25, 0.3) is 11.3 Å². The van der Waals surface area contributed by atoms with Crippen LogP contribution in [0.25, 0.3) is 0 Å². The summed E-state index contributed by atoms with van der Waals surface area (Å²) in [6.07, 6.45) is 0. The van der Waals surface area contributed by atoms with E-state index in [1.165, 1.54) is 24.3 Å². The molecule has 0 saturated carbocycles. The molecule has 112 valence electrons. The van der Waals surface area contributed by atoms with Crippen molar-refractivity contribution < 1.29 is 33.0 Å². The first-order chi connectivity index (χ1) is 9.23. The van der Waals surface area contributed by atoms with Gasteiger partial charge in [-0.2, -0.15) is 0 Å². The van der Waals surface area contributed by atoms with Gasteiger partial charge in [0.1, 0.15) is 0 Å². The molecule has 0 aliphatic rings. The number of hydrogen-bond acceptors (Lipinski definition) is 4. The summed E-state index contributed by atoms with van der Waals surface area (Å²) >= 11 is -2.76. The lowest BCUT2D eigenvalue weighted by atomic mass is 10.3. The predicted octanol–water partition coefficient (Wildman–Crippen LogP) is -0.235. The van der Waals surface area contributed by atoms with Crippen LogP contribution in [0, 0.1) is 0 Å². The van der Waals surface area contributed by atoms with Gasteiger partial charge in [0.05, 0.1) is 12.2 Å². The average molecular weight is 324 g/mol. The number of benzene rings is 1. The molecule has 0 aliphatic carbocycles. The Bertz CT molecular complexity index is 534. The Morgan fingerprint density at radius 1 is 1.35 bits per heavy atom. The van der Waals surface area contributed by atoms with Crippen LogP contribution in [0.4, 0.5) is 5.69 Å². The molecule has 1 aromatic rings. The molecule has 2 unspecified atom stereocenters. The SMILES string of the molecule is O=C(O)CNC(N(c1ccccc1)S(=O)O)P(=O)(O)O. The van der Waals surface area contributed by atoms with Crippen LogP contribution in [0.1, 0.15) is 0 Å². The van der Waals surface area contributed by atoms with Gasteiger partial charge < -0.3 is 14.9 Å². The molecule has 2 atom stereocenters. The standard InChI is InChI=1S/C9H13N2O7PS/c12-8(13)6-10-9(19(14,15)16)11(20(17)18)7-4-2-1-3-5-7/h1-5,9-10H,6H2,(H,12,13)(H,17,18)(H2,14,15,16). The lowest BCUT2D eigenvalue weighted by molar-refractivity contribution is -0.136. The summed E-state index contributed by atoms with van der Waals surface area (Å²) in [7, 11) is -4.91. The van der Waals surface area contributed by atoms with E-state index in [1.54, 1.807) is 6.07 Å². The van der Waals surface area contributed by atoms with Gasteiger partial charge in [0.15, 0.2) is 5.91 Å². The monoisotopic (exact) mass is 324 g/mol. The largest absolute Gasteiger partial charge is 0.480 e. The fourth-order valence-electron chi connectivity index (χ4n) is 1.41. The molecule has 0 radical (unpaired) electrons. The maximum atomic E-state index is 11.4. The highest BCUT2D eigenvalue weighted by molar-refractivity contribution is 7.81. The Kier molecular flexibility index (Phi) is 5.81. The van der Waals surface area contributed by atoms with Crippen LogP contribution in [0.15, 0.2) is 30.3 Å². The van der Waals surface area contributed by atoms with Gasteiger partial charge in [0, 0.05) is 0 Å². The fourth-order valence-corrected chi connectivity index (χ4v) is 3.30. The molecule has 0 heterocycles. The van der Waals surface area contributed by atoms with Crippen LogP contribution < -0.4 is 9.62 Å². The fraction of sp³-hybridized carbons (Fsp3) is 0.222. The van der Waals surface area contributed by atoms with Crippen LogP contribution in [0.3, 0.4) is 0 Å². The van der Waals surface area contributed by atoms with Crippen molar-refractivity contribution >= 4 is 30.5 Å². The summed E-state index contributed by atoms with van der Waals surface area (Å²) in [5, 5.41) is 10.6. The van der Waals surface area contributed by atoms with Gasteiger partial charge in [-0.25, -0.2) is 8.51 Å². The highest BCUT2D eigenvalue weighted by Crippen LogP contribution is 2.43. The van der Waals surface area contributed by atoms with E-state index in [4.69, 9.17) is 5.11 Å². The van der Waals surface area contributed by atoms with Crippen molar-refractivity contribution in [1.29, 1.82) is 0 Å². The van der Waals surface area contributed by atoms with E-state index in [2.05, 4.69) is 0 Å². The normalized spacial score (nSPS) is 14.6. The third-order valence-electron chi connectivity index (χ3n) is 2.16. The van der Waals surface area contributed by atoms with Crippen LogP contribution in [-0.4, -0.2) is 42.1 Å². The molecule has 1 rings (SSSR count). The topological polar surface area (TPSA) is 147 Å². The van der Waals surface area contributed by atoms with Crippen molar-refractivity contribution in [2.24, 2.45) is 0 Å². The smallest absolute Gasteiger partial charge is 0.363 e. The molecule has 0 saturated heterocycles. The predicted molar refractivity (Wildman–Crippen MR) is 71.2 cm³/mol. The van der Waals surface area contributed by atoms with E-state index in [9.17, 15) is 27.9 Å². The molecule has 11 heteroatoms. The van der Waals surface area contributed by atoms with E-state index in [0.29, 0.717) is 4.31 Å². The van der Waals surface area contributed by atoms with Crippen molar-refractivity contribution in [3.63, 3.8) is 0 Å². The second-order valence-corrected chi connectivity index (χ2v) is 6.15. The quantitative estimate of drug-likeness (QED) is 0.262. The van der Waals surface area contributed by atoms with E-state index >= 15 is 0 Å². The summed E-state index contributed by atoms with van der Waals surface area (Å²) in [6.45, 7) is -0.781. The minimum absolute atomic E-state index is 0.0551. The first-order valence-electron chi connectivity index (χ1n) is 5.19. The number of rotatable bonds is 7. The van der Waals surface area contributed by atoms with Crippen molar-refractivity contribution in [2.75, 3.05) is 10.8 Å². The van der Waals surface area contributed by atoms with Crippen molar-refractivity contribution in [3.8, 4) is 0 Å². The molecule has 0 spiro atoms. The summed E-state index contributed by atoms with van der Waals surface area (Å²) in [6, 6.07) is 7.34. The van der Waals surface area contributed by atoms with Crippen LogP contribution in [-0.2, 0) is 20.6 Å². The van der Waals surface area contributed by atoms with Crippen molar-refractivity contribution in [3.05, 3.63) is 30.3 Å². The molecule has 0 aromatic heterocycles. The van der Waals surface area contributed by atoms with Crippen LogP contribution in [0.2, 0.25) is 0 Å². The Morgan fingerprint density at radius 3 is 2.30 bits per heavy atom. The van der Waals surface area contributed by atoms with Gasteiger partial charge in [-0.05, 0) is 12.1 Å². The number of nitrogens with one attached hydrogen (secondary N) is 1. The van der Waals surface area contributed by atoms with Crippen LogP contribution in [0.5, 0.6) is 0 Å². The molecule has 0 amide bonds. The number of carbonyl (C=O) groups is 1. The Labute approximate surface area is 116 Å². The summed E-state index contributed by atoms with van der Waals surface area (Å²) < 4.78 is 32.5. The molecule has 1 aromatic carbocycles. The summed E-state index contributed by atoms with van der Waals surface area (Å²) in [5.41, 5.74) is 0.0551. The first kappa shape index (κ1) is 16.8. The molecular weight excluding hydrogens is 311 g/mol. The maximum absolute atomic E-state index is 11.4. The number of nitrogens with zero attached hydrogens (tertiary/aromatic N) is 1. The van der Waals surface area contributed by atoms with Gasteiger partial charge in [-0.15, -0.1) is 0 Å². The Morgan fingerprint density at radius 2 is 1.90 bits per heavy atom. The van der Waals surface area contributed by atoms with Gasteiger partial charge >= 0.3 is 13.6 Å². The third kappa shape index (κ3) is 4.67. The van der Waals surface area contributed by atoms with Crippen LogP contribution >= 0.6 is 7.60 Å². The van der Waals surface area contributed by atoms with E-state index < -0.39 is 37.3 Å². The molecule has 0 fully saturated rings. The zero-order valence-electron chi connectivity index (χ0n) is 9.99. The second kappa shape index (κ2) is 6.93. The zero-order valence-corrected chi connectivity index (χ0v) is 11.7. The van der Waals surface area contributed by atoms with E-state index in [1.807, 2.05) is 5.32 Å². The second-order valence-electron chi connectivity index (χ2n) is 3.63. The van der Waals surface area contributed by atoms with Gasteiger partial charge in [-0.3, -0.25) is 19.2 Å². The summed E-state index contributed by atoms with van der Waals surface area (Å²) in [5.74, 6) is -3.30. The average Bonchev–Trinajstić information content (AvgIpc) is 2.33. The number of carboxylic acids is 1. The number of aliphatic carboxylic acids is 1. The highest BCUT2D eigenvalue weighted by Gasteiger charge is 2.38. The Hall–Kier alpha value is -1.29. The zero-order chi connectivity index (χ0) is 15.3. The molecule has 5 N–H and O–H groups in total. The Balaban J connectivity index is 3.15. The lowest BCUT2D eigenvalue weighted by Gasteiger charge is -2.30. The number of anilines is 1. The van der Waals surface area contributed by atoms with E-state index in [0.717, 1.165) is 0 Å². The molecular formula is C9H13N2O7PS. The van der Waals surface area contributed by atoms with Crippen molar-refractivity contribution in [2.45, 2.75) is 5.91 Å². The third-order valence-corrected chi connectivity index (χ3v) is 4.12. The number of hydrogen-bond donors (Lipinski definition) is 5.